The van der Waals surface area contributed by atoms with Crippen LogP contribution in [0, 0.1) is 0 Å². The number of hydrogen-bond acceptors (Lipinski definition) is 3. The minimum Gasteiger partial charge on any atom is -0.353 e. The lowest BCUT2D eigenvalue weighted by molar-refractivity contribution is -0.139. The monoisotopic (exact) mass is 363 g/mol. The van der Waals surface area contributed by atoms with Crippen molar-refractivity contribution in [2.45, 2.75) is 18.4 Å². The number of amides is 2. The Bertz CT molecular complexity index is 842. The summed E-state index contributed by atoms with van der Waals surface area (Å²) >= 11 is 0. The molecule has 2 fully saturated rings. The molecule has 5 heteroatoms. The zero-order valence-electron chi connectivity index (χ0n) is 15.6. The summed E-state index contributed by atoms with van der Waals surface area (Å²) in [7, 11) is 2.01. The van der Waals surface area contributed by atoms with Crippen molar-refractivity contribution in [1.29, 1.82) is 0 Å². The first-order chi connectivity index (χ1) is 13.1. The van der Waals surface area contributed by atoms with E-state index in [9.17, 15) is 9.59 Å². The van der Waals surface area contributed by atoms with Crippen molar-refractivity contribution in [2.24, 2.45) is 0 Å². The number of piperazine rings is 1. The number of carbonyl (C=O) groups excluding carboxylic acids is 2. The van der Waals surface area contributed by atoms with Crippen molar-refractivity contribution in [1.82, 2.24) is 15.1 Å². The predicted octanol–water partition coefficient (Wildman–Crippen LogP) is 2.39. The predicted molar refractivity (Wildman–Crippen MR) is 105 cm³/mol. The van der Waals surface area contributed by atoms with E-state index in [0.29, 0.717) is 32.5 Å². The summed E-state index contributed by atoms with van der Waals surface area (Å²) in [5.41, 5.74) is 2.26. The van der Waals surface area contributed by atoms with Gasteiger partial charge in [-0.2, -0.15) is 0 Å². The summed E-state index contributed by atoms with van der Waals surface area (Å²) in [5.74, 6) is 0.149. The van der Waals surface area contributed by atoms with Crippen LogP contribution in [0.3, 0.4) is 0 Å². The van der Waals surface area contributed by atoms with Crippen LogP contribution in [0.5, 0.6) is 0 Å². The van der Waals surface area contributed by atoms with Gasteiger partial charge in [-0.05, 0) is 37.1 Å². The fourth-order valence-electron chi connectivity index (χ4n) is 4.29. The Morgan fingerprint density at radius 2 is 1.63 bits per heavy atom. The molecular formula is C22H25N3O2. The molecule has 2 aliphatic heterocycles. The number of likely N-dealkylation sites (tertiary alicyclic amines) is 1. The summed E-state index contributed by atoms with van der Waals surface area (Å²) in [5, 5.41) is 3.00. The maximum Gasteiger partial charge on any atom is 0.254 e. The standard InChI is InChI=1S/C22H25N3O2/c1-24-16-13-23-21(27)22(24)11-14-25(15-12-22)20(26)19-10-6-5-9-18(19)17-7-3-2-4-8-17/h2-10H,11-16H2,1H3,(H,23,27). The van der Waals surface area contributed by atoms with Crippen molar-refractivity contribution >= 4 is 11.8 Å². The molecule has 2 aromatic rings. The van der Waals surface area contributed by atoms with Gasteiger partial charge in [-0.3, -0.25) is 14.5 Å². The Morgan fingerprint density at radius 1 is 0.963 bits per heavy atom. The first kappa shape index (κ1) is 17.7. The largest absolute Gasteiger partial charge is 0.353 e. The van der Waals surface area contributed by atoms with Gasteiger partial charge in [-0.1, -0.05) is 48.5 Å². The van der Waals surface area contributed by atoms with E-state index in [1.54, 1.807) is 0 Å². The quantitative estimate of drug-likeness (QED) is 0.891. The highest BCUT2D eigenvalue weighted by atomic mass is 16.2. The van der Waals surface area contributed by atoms with Crippen molar-refractivity contribution in [3.8, 4) is 11.1 Å². The molecule has 2 heterocycles. The van der Waals surface area contributed by atoms with Crippen molar-refractivity contribution in [2.75, 3.05) is 33.2 Å². The van der Waals surface area contributed by atoms with Gasteiger partial charge in [0.25, 0.3) is 5.91 Å². The number of rotatable bonds is 2. The smallest absolute Gasteiger partial charge is 0.254 e. The molecule has 140 valence electrons. The van der Waals surface area contributed by atoms with Gasteiger partial charge in [0, 0.05) is 31.7 Å². The molecule has 0 unspecified atom stereocenters. The molecule has 1 spiro atoms. The first-order valence-electron chi connectivity index (χ1n) is 9.55. The molecule has 2 amide bonds. The number of nitrogens with zero attached hydrogens (tertiary/aromatic N) is 2. The second kappa shape index (κ2) is 7.16. The molecule has 1 N–H and O–H groups in total. The van der Waals surface area contributed by atoms with E-state index in [1.165, 1.54) is 0 Å². The minimum atomic E-state index is -0.464. The second-order valence-corrected chi connectivity index (χ2v) is 7.41. The lowest BCUT2D eigenvalue weighted by Crippen LogP contribution is -2.67. The highest BCUT2D eigenvalue weighted by molar-refractivity contribution is 6.01. The molecule has 0 radical (unpaired) electrons. The Balaban J connectivity index is 1.55. The molecule has 0 bridgehead atoms. The lowest BCUT2D eigenvalue weighted by atomic mass is 9.83. The third-order valence-corrected chi connectivity index (χ3v) is 6.01. The average Bonchev–Trinajstić information content (AvgIpc) is 2.73. The van der Waals surface area contributed by atoms with E-state index >= 15 is 0 Å². The van der Waals surface area contributed by atoms with Gasteiger partial charge in [0.05, 0.1) is 0 Å². The molecule has 5 nitrogen and oxygen atoms in total. The minimum absolute atomic E-state index is 0.0446. The molecule has 0 aliphatic carbocycles. The van der Waals surface area contributed by atoms with E-state index < -0.39 is 5.54 Å². The van der Waals surface area contributed by atoms with Crippen LogP contribution in [0.15, 0.2) is 54.6 Å². The normalized spacial score (nSPS) is 19.7. The van der Waals surface area contributed by atoms with Gasteiger partial charge in [0.15, 0.2) is 0 Å². The van der Waals surface area contributed by atoms with Crippen LogP contribution in [-0.4, -0.2) is 60.4 Å². The molecule has 0 aromatic heterocycles. The Hall–Kier alpha value is -2.66. The van der Waals surface area contributed by atoms with Gasteiger partial charge >= 0.3 is 0 Å². The topological polar surface area (TPSA) is 52.7 Å². The Labute approximate surface area is 160 Å². The van der Waals surface area contributed by atoms with Crippen molar-refractivity contribution in [3.05, 3.63) is 60.2 Å². The van der Waals surface area contributed by atoms with E-state index in [-0.39, 0.29) is 11.8 Å². The molecule has 0 saturated carbocycles. The SMILES string of the molecule is CN1CCNC(=O)C12CCN(C(=O)c1ccccc1-c1ccccc1)CC2. The Kier molecular flexibility index (Phi) is 4.70. The average molecular weight is 363 g/mol. The number of piperidine rings is 1. The van der Waals surface area contributed by atoms with Crippen LogP contribution >= 0.6 is 0 Å². The van der Waals surface area contributed by atoms with Crippen LogP contribution in [0.1, 0.15) is 23.2 Å². The van der Waals surface area contributed by atoms with Crippen LogP contribution in [0.4, 0.5) is 0 Å². The fraction of sp³-hybridized carbons (Fsp3) is 0.364. The molecule has 2 aliphatic rings. The van der Waals surface area contributed by atoms with E-state index in [2.05, 4.69) is 10.2 Å². The molecule has 4 rings (SSSR count). The third-order valence-electron chi connectivity index (χ3n) is 6.01. The van der Waals surface area contributed by atoms with Gasteiger partial charge in [-0.25, -0.2) is 0 Å². The van der Waals surface area contributed by atoms with E-state index in [4.69, 9.17) is 0 Å². The van der Waals surface area contributed by atoms with Gasteiger partial charge in [0.2, 0.25) is 5.91 Å². The summed E-state index contributed by atoms with van der Waals surface area (Å²) in [6.07, 6.45) is 1.35. The molecule has 2 saturated heterocycles. The highest BCUT2D eigenvalue weighted by Gasteiger charge is 2.47. The number of hydrogen-bond donors (Lipinski definition) is 1. The van der Waals surface area contributed by atoms with Crippen LogP contribution in [-0.2, 0) is 4.79 Å². The second-order valence-electron chi connectivity index (χ2n) is 7.41. The maximum atomic E-state index is 13.2. The van der Waals surface area contributed by atoms with Gasteiger partial charge in [0.1, 0.15) is 5.54 Å². The first-order valence-corrected chi connectivity index (χ1v) is 9.55. The molecular weight excluding hydrogens is 338 g/mol. The Morgan fingerprint density at radius 3 is 2.33 bits per heavy atom. The summed E-state index contributed by atoms with van der Waals surface area (Å²) in [6.45, 7) is 2.75. The number of likely N-dealkylation sites (N-methyl/N-ethyl adjacent to an activating group) is 1. The highest BCUT2D eigenvalue weighted by Crippen LogP contribution is 2.32. The van der Waals surface area contributed by atoms with Gasteiger partial charge in [-0.15, -0.1) is 0 Å². The lowest BCUT2D eigenvalue weighted by Gasteiger charge is -2.48. The summed E-state index contributed by atoms with van der Waals surface area (Å²) in [4.78, 5) is 29.8. The number of nitrogens with one attached hydrogen (secondary N) is 1. The van der Waals surface area contributed by atoms with E-state index in [1.807, 2.05) is 66.5 Å². The third kappa shape index (κ3) is 3.12. The van der Waals surface area contributed by atoms with E-state index in [0.717, 1.165) is 23.2 Å². The summed E-state index contributed by atoms with van der Waals surface area (Å²) < 4.78 is 0. The zero-order valence-corrected chi connectivity index (χ0v) is 15.6. The van der Waals surface area contributed by atoms with Gasteiger partial charge < -0.3 is 10.2 Å². The van der Waals surface area contributed by atoms with Crippen LogP contribution in [0.25, 0.3) is 11.1 Å². The molecule has 0 atom stereocenters. The number of benzene rings is 2. The number of carbonyl (C=O) groups is 2. The van der Waals surface area contributed by atoms with Crippen molar-refractivity contribution < 1.29 is 9.59 Å². The van der Waals surface area contributed by atoms with Crippen LogP contribution in [0.2, 0.25) is 0 Å². The van der Waals surface area contributed by atoms with Crippen molar-refractivity contribution in [3.63, 3.8) is 0 Å². The fourth-order valence-corrected chi connectivity index (χ4v) is 4.29. The summed E-state index contributed by atoms with van der Waals surface area (Å²) in [6, 6.07) is 17.8. The molecule has 2 aromatic carbocycles. The maximum absolute atomic E-state index is 13.2. The molecule has 27 heavy (non-hydrogen) atoms. The van der Waals surface area contributed by atoms with Crippen LogP contribution < -0.4 is 5.32 Å². The zero-order chi connectivity index (χ0) is 18.9.